The Morgan fingerprint density at radius 2 is 2.10 bits per heavy atom. The van der Waals surface area contributed by atoms with Crippen LogP contribution < -0.4 is 15.8 Å². The summed E-state index contributed by atoms with van der Waals surface area (Å²) in [4.78, 5) is 12.2. The van der Waals surface area contributed by atoms with E-state index in [1.165, 1.54) is 0 Å². The van der Waals surface area contributed by atoms with Crippen molar-refractivity contribution >= 4 is 11.6 Å². The van der Waals surface area contributed by atoms with Crippen LogP contribution in [0.5, 0.6) is 5.75 Å². The maximum atomic E-state index is 12.2. The molecule has 0 bridgehead atoms. The fraction of sp³-hybridized carbons (Fsp3) is 0.562. The van der Waals surface area contributed by atoms with Gasteiger partial charge in [0.2, 0.25) is 0 Å². The molecule has 5 nitrogen and oxygen atoms in total. The predicted molar refractivity (Wildman–Crippen MR) is 84.5 cm³/mol. The van der Waals surface area contributed by atoms with Crippen LogP contribution in [0.4, 0.5) is 5.69 Å². The molecular weight excluding hydrogens is 268 g/mol. The number of benzene rings is 1. The molecule has 0 aliphatic carbocycles. The van der Waals surface area contributed by atoms with Crippen LogP contribution in [0.25, 0.3) is 0 Å². The first-order chi connectivity index (χ1) is 9.88. The van der Waals surface area contributed by atoms with Crippen LogP contribution in [0, 0.1) is 5.41 Å². The first kappa shape index (κ1) is 17.3. The van der Waals surface area contributed by atoms with E-state index in [1.54, 1.807) is 18.2 Å². The van der Waals surface area contributed by atoms with Crippen molar-refractivity contribution < 1.29 is 14.6 Å². The van der Waals surface area contributed by atoms with Crippen molar-refractivity contribution in [1.29, 1.82) is 0 Å². The fourth-order valence-corrected chi connectivity index (χ4v) is 2.07. The van der Waals surface area contributed by atoms with Gasteiger partial charge in [0.15, 0.2) is 0 Å². The Bertz CT molecular complexity index is 473. The number of aliphatic hydroxyl groups excluding tert-OH is 1. The quantitative estimate of drug-likeness (QED) is 0.642. The molecule has 0 unspecified atom stereocenters. The first-order valence-corrected chi connectivity index (χ1v) is 7.30. The zero-order valence-electron chi connectivity index (χ0n) is 13.1. The Labute approximate surface area is 126 Å². The lowest BCUT2D eigenvalue weighted by Crippen LogP contribution is -2.34. The van der Waals surface area contributed by atoms with Gasteiger partial charge in [-0.2, -0.15) is 0 Å². The summed E-state index contributed by atoms with van der Waals surface area (Å²) in [6.45, 7) is 7.25. The topological polar surface area (TPSA) is 84.6 Å². The largest absolute Gasteiger partial charge is 0.494 e. The summed E-state index contributed by atoms with van der Waals surface area (Å²) >= 11 is 0. The summed E-state index contributed by atoms with van der Waals surface area (Å²) in [6, 6.07) is 5.03. The zero-order valence-corrected chi connectivity index (χ0v) is 13.1. The molecular formula is C16H26N2O3. The number of carbonyl (C=O) groups is 1. The number of nitrogens with two attached hydrogens (primary N) is 1. The van der Waals surface area contributed by atoms with Crippen molar-refractivity contribution in [2.75, 3.05) is 25.5 Å². The molecule has 0 aliphatic rings. The standard InChI is InChI=1S/C16H26N2O3/c1-4-21-14-9-12(8-13(17)10-14)15(20)18-11-16(2,3)6-5-7-19/h8-10,19H,4-7,11,17H2,1-3H3,(H,18,20). The molecule has 1 amide bonds. The maximum absolute atomic E-state index is 12.2. The van der Waals surface area contributed by atoms with Gasteiger partial charge in [-0.25, -0.2) is 0 Å². The lowest BCUT2D eigenvalue weighted by atomic mass is 9.88. The monoisotopic (exact) mass is 294 g/mol. The number of rotatable bonds is 8. The number of nitrogens with one attached hydrogen (secondary N) is 1. The van der Waals surface area contributed by atoms with Gasteiger partial charge in [-0.3, -0.25) is 4.79 Å². The van der Waals surface area contributed by atoms with Gasteiger partial charge in [0, 0.05) is 30.5 Å². The van der Waals surface area contributed by atoms with Gasteiger partial charge in [0.1, 0.15) is 5.75 Å². The average Bonchev–Trinajstić information content (AvgIpc) is 2.42. The van der Waals surface area contributed by atoms with E-state index >= 15 is 0 Å². The van der Waals surface area contributed by atoms with E-state index in [-0.39, 0.29) is 17.9 Å². The zero-order chi connectivity index (χ0) is 15.9. The van der Waals surface area contributed by atoms with E-state index in [9.17, 15) is 4.79 Å². The minimum Gasteiger partial charge on any atom is -0.494 e. The molecule has 0 spiro atoms. The van der Waals surface area contributed by atoms with Crippen molar-refractivity contribution in [3.8, 4) is 5.75 Å². The Morgan fingerprint density at radius 3 is 2.71 bits per heavy atom. The van der Waals surface area contributed by atoms with E-state index in [0.717, 1.165) is 12.8 Å². The minimum atomic E-state index is -0.166. The number of carbonyl (C=O) groups excluding carboxylic acids is 1. The van der Waals surface area contributed by atoms with Crippen LogP contribution in [0.2, 0.25) is 0 Å². The molecule has 1 aromatic carbocycles. The minimum absolute atomic E-state index is 0.0541. The number of hydrogen-bond acceptors (Lipinski definition) is 4. The second-order valence-electron chi connectivity index (χ2n) is 5.90. The highest BCUT2D eigenvalue weighted by Crippen LogP contribution is 2.22. The molecule has 0 radical (unpaired) electrons. The molecule has 0 saturated carbocycles. The summed E-state index contributed by atoms with van der Waals surface area (Å²) in [5, 5.41) is 11.8. The second kappa shape index (κ2) is 7.88. The predicted octanol–water partition coefficient (Wildman–Crippen LogP) is 2.20. The summed E-state index contributed by atoms with van der Waals surface area (Å²) in [5.74, 6) is 0.433. The van der Waals surface area contributed by atoms with Crippen LogP contribution in [-0.2, 0) is 0 Å². The summed E-state index contributed by atoms with van der Waals surface area (Å²) in [5.41, 5.74) is 6.74. The highest BCUT2D eigenvalue weighted by atomic mass is 16.5. The van der Waals surface area contributed by atoms with E-state index in [1.807, 2.05) is 6.92 Å². The third kappa shape index (κ3) is 6.04. The van der Waals surface area contributed by atoms with Gasteiger partial charge in [0.25, 0.3) is 5.91 Å². The number of hydrogen-bond donors (Lipinski definition) is 3. The van der Waals surface area contributed by atoms with Gasteiger partial charge in [-0.15, -0.1) is 0 Å². The number of amides is 1. The molecule has 0 saturated heterocycles. The fourth-order valence-electron chi connectivity index (χ4n) is 2.07. The van der Waals surface area contributed by atoms with Gasteiger partial charge in [0.05, 0.1) is 6.61 Å². The Balaban J connectivity index is 2.67. The number of ether oxygens (including phenoxy) is 1. The molecule has 0 aliphatic heterocycles. The Hall–Kier alpha value is -1.75. The van der Waals surface area contributed by atoms with Crippen molar-refractivity contribution in [2.24, 2.45) is 5.41 Å². The van der Waals surface area contributed by atoms with Crippen molar-refractivity contribution in [2.45, 2.75) is 33.6 Å². The van der Waals surface area contributed by atoms with Crippen LogP contribution in [-0.4, -0.2) is 30.8 Å². The lowest BCUT2D eigenvalue weighted by molar-refractivity contribution is 0.0932. The van der Waals surface area contributed by atoms with Crippen molar-refractivity contribution in [1.82, 2.24) is 5.32 Å². The van der Waals surface area contributed by atoms with Crippen LogP contribution in [0.15, 0.2) is 18.2 Å². The molecule has 21 heavy (non-hydrogen) atoms. The second-order valence-corrected chi connectivity index (χ2v) is 5.90. The number of aliphatic hydroxyl groups is 1. The van der Waals surface area contributed by atoms with E-state index in [0.29, 0.717) is 30.2 Å². The molecule has 0 heterocycles. The lowest BCUT2D eigenvalue weighted by Gasteiger charge is -2.24. The molecule has 4 N–H and O–H groups in total. The number of anilines is 1. The summed E-state index contributed by atoms with van der Waals surface area (Å²) in [6.07, 6.45) is 1.58. The molecule has 0 fully saturated rings. The first-order valence-electron chi connectivity index (χ1n) is 7.30. The SMILES string of the molecule is CCOc1cc(N)cc(C(=O)NCC(C)(C)CCCO)c1. The smallest absolute Gasteiger partial charge is 0.251 e. The van der Waals surface area contributed by atoms with E-state index < -0.39 is 0 Å². The molecule has 1 aromatic rings. The van der Waals surface area contributed by atoms with Crippen molar-refractivity contribution in [3.63, 3.8) is 0 Å². The third-order valence-electron chi connectivity index (χ3n) is 3.24. The highest BCUT2D eigenvalue weighted by molar-refractivity contribution is 5.95. The molecule has 1 rings (SSSR count). The van der Waals surface area contributed by atoms with Crippen LogP contribution in [0.1, 0.15) is 44.0 Å². The molecule has 0 atom stereocenters. The summed E-state index contributed by atoms with van der Waals surface area (Å²) < 4.78 is 5.39. The van der Waals surface area contributed by atoms with Crippen molar-refractivity contribution in [3.05, 3.63) is 23.8 Å². The average molecular weight is 294 g/mol. The van der Waals surface area contributed by atoms with E-state index in [2.05, 4.69) is 19.2 Å². The molecule has 5 heteroatoms. The van der Waals surface area contributed by atoms with Crippen LogP contribution >= 0.6 is 0 Å². The Kier molecular flexibility index (Phi) is 6.49. The normalized spacial score (nSPS) is 11.2. The van der Waals surface area contributed by atoms with Crippen LogP contribution in [0.3, 0.4) is 0 Å². The molecule has 0 aromatic heterocycles. The molecule has 118 valence electrons. The van der Waals surface area contributed by atoms with Gasteiger partial charge < -0.3 is 20.9 Å². The third-order valence-corrected chi connectivity index (χ3v) is 3.24. The maximum Gasteiger partial charge on any atom is 0.251 e. The Morgan fingerprint density at radius 1 is 1.38 bits per heavy atom. The van der Waals surface area contributed by atoms with Gasteiger partial charge in [-0.1, -0.05) is 13.8 Å². The van der Waals surface area contributed by atoms with Gasteiger partial charge >= 0.3 is 0 Å². The van der Waals surface area contributed by atoms with E-state index in [4.69, 9.17) is 15.6 Å². The summed E-state index contributed by atoms with van der Waals surface area (Å²) in [7, 11) is 0. The highest BCUT2D eigenvalue weighted by Gasteiger charge is 2.19. The van der Waals surface area contributed by atoms with Gasteiger partial charge in [-0.05, 0) is 37.3 Å². The number of nitrogen functional groups attached to an aromatic ring is 1.